The second kappa shape index (κ2) is 5.09. The van der Waals surface area contributed by atoms with Gasteiger partial charge in [-0.1, -0.05) is 23.7 Å². The maximum Gasteiger partial charge on any atom is 0.405 e. The van der Waals surface area contributed by atoms with Crippen LogP contribution in [0.2, 0.25) is 5.02 Å². The Balaban J connectivity index is 2.19. The molecule has 0 aliphatic heterocycles. The second-order valence-electron chi connectivity index (χ2n) is 4.99. The van der Waals surface area contributed by atoms with Gasteiger partial charge in [-0.15, -0.1) is 0 Å². The molecule has 0 spiro atoms. The van der Waals surface area contributed by atoms with Crippen LogP contribution in [0.4, 0.5) is 4.79 Å². The highest BCUT2D eigenvalue weighted by Gasteiger charge is 2.40. The summed E-state index contributed by atoms with van der Waals surface area (Å²) in [6.07, 6.45) is 0.573. The number of nitrogens with one attached hydrogen (secondary N) is 2. The highest BCUT2D eigenvalue weighted by atomic mass is 35.5. The molecular weight excluding hydrogens is 268 g/mol. The van der Waals surface area contributed by atoms with Gasteiger partial charge in [-0.2, -0.15) is 0 Å². The molecule has 0 saturated heterocycles. The lowest BCUT2D eigenvalue weighted by Crippen LogP contribution is -2.44. The summed E-state index contributed by atoms with van der Waals surface area (Å²) in [5.74, 6) is -0.357. The molecule has 0 radical (unpaired) electrons. The fraction of sp³-hybridized carbons (Fsp3) is 0.385. The van der Waals surface area contributed by atoms with E-state index in [2.05, 4.69) is 10.6 Å². The van der Waals surface area contributed by atoms with Gasteiger partial charge in [0.15, 0.2) is 0 Å². The Morgan fingerprint density at radius 2 is 2.11 bits per heavy atom. The number of benzene rings is 1. The van der Waals surface area contributed by atoms with Crippen molar-refractivity contribution in [2.75, 3.05) is 0 Å². The average molecular weight is 283 g/mol. The maximum atomic E-state index is 12.2. The summed E-state index contributed by atoms with van der Waals surface area (Å²) in [5, 5.41) is 14.4. The molecule has 6 heteroatoms. The summed E-state index contributed by atoms with van der Waals surface area (Å²) in [5.41, 5.74) is 0.324. The minimum atomic E-state index is -1.25. The summed E-state index contributed by atoms with van der Waals surface area (Å²) in [4.78, 5) is 23.0. The molecular formula is C13H15ClN2O3. The van der Waals surface area contributed by atoms with Crippen molar-refractivity contribution in [2.45, 2.75) is 31.3 Å². The van der Waals surface area contributed by atoms with Crippen LogP contribution in [0.25, 0.3) is 0 Å². The van der Waals surface area contributed by atoms with Gasteiger partial charge in [0.25, 0.3) is 0 Å². The first-order valence-corrected chi connectivity index (χ1v) is 6.34. The van der Waals surface area contributed by atoms with E-state index in [9.17, 15) is 9.59 Å². The first-order chi connectivity index (χ1) is 8.89. The van der Waals surface area contributed by atoms with Crippen LogP contribution in [0.3, 0.4) is 0 Å². The molecule has 1 aliphatic carbocycles. The molecule has 0 heterocycles. The number of amides is 2. The largest absolute Gasteiger partial charge is 0.465 e. The Kier molecular flexibility index (Phi) is 3.66. The Morgan fingerprint density at radius 1 is 1.42 bits per heavy atom. The normalized spacial score (nSPS) is 17.4. The zero-order chi connectivity index (χ0) is 14.0. The highest BCUT2D eigenvalue weighted by Crippen LogP contribution is 2.35. The van der Waals surface area contributed by atoms with E-state index in [4.69, 9.17) is 16.7 Å². The number of hydrogen-bond acceptors (Lipinski definition) is 2. The summed E-state index contributed by atoms with van der Waals surface area (Å²) >= 11 is 5.87. The van der Waals surface area contributed by atoms with E-state index in [0.29, 0.717) is 10.6 Å². The molecule has 1 aromatic carbocycles. The number of halogens is 1. The van der Waals surface area contributed by atoms with Crippen molar-refractivity contribution in [1.29, 1.82) is 0 Å². The summed E-state index contributed by atoms with van der Waals surface area (Å²) < 4.78 is 0. The van der Waals surface area contributed by atoms with E-state index in [0.717, 1.165) is 12.8 Å². The predicted octanol–water partition coefficient (Wildman–Crippen LogP) is 2.32. The van der Waals surface area contributed by atoms with Gasteiger partial charge < -0.3 is 15.7 Å². The Labute approximate surface area is 116 Å². The topological polar surface area (TPSA) is 78.4 Å². The van der Waals surface area contributed by atoms with E-state index in [1.54, 1.807) is 24.3 Å². The van der Waals surface area contributed by atoms with Gasteiger partial charge in [0.2, 0.25) is 5.91 Å². The van der Waals surface area contributed by atoms with Crippen LogP contribution in [0.5, 0.6) is 0 Å². The Morgan fingerprint density at radius 3 is 2.63 bits per heavy atom. The van der Waals surface area contributed by atoms with Crippen LogP contribution in [-0.2, 0) is 4.79 Å². The lowest BCUT2D eigenvalue weighted by atomic mass is 10.1. The molecule has 1 unspecified atom stereocenters. The third-order valence-electron chi connectivity index (χ3n) is 3.14. The van der Waals surface area contributed by atoms with Crippen LogP contribution in [0.1, 0.15) is 31.4 Å². The molecule has 2 rings (SSSR count). The zero-order valence-electron chi connectivity index (χ0n) is 10.4. The van der Waals surface area contributed by atoms with Crippen molar-refractivity contribution in [2.24, 2.45) is 0 Å². The number of carbonyl (C=O) groups is 2. The minimum Gasteiger partial charge on any atom is -0.465 e. The van der Waals surface area contributed by atoms with Crippen molar-refractivity contribution in [3.05, 3.63) is 34.9 Å². The van der Waals surface area contributed by atoms with Crippen molar-refractivity contribution >= 4 is 23.6 Å². The van der Waals surface area contributed by atoms with Crippen molar-refractivity contribution < 1.29 is 14.7 Å². The third-order valence-corrected chi connectivity index (χ3v) is 3.37. The molecule has 1 atom stereocenters. The summed E-state index contributed by atoms with van der Waals surface area (Å²) in [7, 11) is 0. The zero-order valence-corrected chi connectivity index (χ0v) is 11.2. The summed E-state index contributed by atoms with van der Waals surface area (Å²) in [6.45, 7) is 1.93. The second-order valence-corrected chi connectivity index (χ2v) is 5.42. The fourth-order valence-corrected chi connectivity index (χ4v) is 1.99. The highest BCUT2D eigenvalue weighted by molar-refractivity contribution is 6.30. The van der Waals surface area contributed by atoms with E-state index in [1.165, 1.54) is 0 Å². The van der Waals surface area contributed by atoms with E-state index in [-0.39, 0.29) is 11.4 Å². The van der Waals surface area contributed by atoms with Crippen molar-refractivity contribution in [3.8, 4) is 0 Å². The molecule has 1 saturated carbocycles. The quantitative estimate of drug-likeness (QED) is 0.793. The van der Waals surface area contributed by atoms with Gasteiger partial charge in [-0.05, 0) is 37.5 Å². The van der Waals surface area contributed by atoms with Gasteiger partial charge >= 0.3 is 6.09 Å². The third kappa shape index (κ3) is 3.61. The maximum absolute atomic E-state index is 12.2. The Bertz CT molecular complexity index is 514. The number of carboxylic acid groups (broad SMARTS) is 1. The van der Waals surface area contributed by atoms with Crippen LogP contribution < -0.4 is 10.6 Å². The molecule has 2 amide bonds. The molecule has 5 nitrogen and oxygen atoms in total. The molecule has 102 valence electrons. The van der Waals surface area contributed by atoms with Gasteiger partial charge in [0.1, 0.15) is 6.04 Å². The first-order valence-electron chi connectivity index (χ1n) is 5.97. The van der Waals surface area contributed by atoms with Crippen LogP contribution in [0.15, 0.2) is 24.3 Å². The van der Waals surface area contributed by atoms with Crippen molar-refractivity contribution in [3.63, 3.8) is 0 Å². The standard InChI is InChI=1S/C13H15ClN2O3/c1-13(5-6-13)16-11(17)10(15-12(18)19)8-3-2-4-9(14)7-8/h2-4,7,10,15H,5-6H2,1H3,(H,16,17)(H,18,19). The SMILES string of the molecule is CC1(NC(=O)C(NC(=O)O)c2cccc(Cl)c2)CC1. The first kappa shape index (κ1) is 13.7. The van der Waals surface area contributed by atoms with Crippen LogP contribution >= 0.6 is 11.6 Å². The molecule has 19 heavy (non-hydrogen) atoms. The van der Waals surface area contributed by atoms with E-state index in [1.807, 2.05) is 6.92 Å². The van der Waals surface area contributed by atoms with Crippen molar-refractivity contribution in [1.82, 2.24) is 10.6 Å². The van der Waals surface area contributed by atoms with E-state index >= 15 is 0 Å². The fourth-order valence-electron chi connectivity index (χ4n) is 1.79. The molecule has 3 N–H and O–H groups in total. The predicted molar refractivity (Wildman–Crippen MR) is 71.1 cm³/mol. The lowest BCUT2D eigenvalue weighted by Gasteiger charge is -2.20. The number of carbonyl (C=O) groups excluding carboxylic acids is 1. The summed E-state index contributed by atoms with van der Waals surface area (Å²) in [6, 6.07) is 5.65. The van der Waals surface area contributed by atoms with Gasteiger partial charge in [-0.25, -0.2) is 4.79 Å². The van der Waals surface area contributed by atoms with E-state index < -0.39 is 12.1 Å². The molecule has 1 aliphatic rings. The van der Waals surface area contributed by atoms with Gasteiger partial charge in [0, 0.05) is 10.6 Å². The smallest absolute Gasteiger partial charge is 0.405 e. The van der Waals surface area contributed by atoms with Gasteiger partial charge in [0.05, 0.1) is 0 Å². The number of rotatable bonds is 4. The van der Waals surface area contributed by atoms with Gasteiger partial charge in [-0.3, -0.25) is 4.79 Å². The molecule has 1 fully saturated rings. The van der Waals surface area contributed by atoms with Crippen LogP contribution in [0, 0.1) is 0 Å². The molecule has 0 aromatic heterocycles. The molecule has 0 bridgehead atoms. The Hall–Kier alpha value is -1.75. The molecule has 1 aromatic rings. The van der Waals surface area contributed by atoms with Crippen LogP contribution in [-0.4, -0.2) is 22.6 Å². The number of hydrogen-bond donors (Lipinski definition) is 3. The average Bonchev–Trinajstić information content (AvgIpc) is 3.03. The lowest BCUT2D eigenvalue weighted by molar-refractivity contribution is -0.124. The monoisotopic (exact) mass is 282 g/mol. The minimum absolute atomic E-state index is 0.200.